The van der Waals surface area contributed by atoms with Crippen LogP contribution in [-0.2, 0) is 16.4 Å². The Morgan fingerprint density at radius 1 is 1.33 bits per heavy atom. The molecule has 2 aromatic rings. The molecule has 21 heavy (non-hydrogen) atoms. The van der Waals surface area contributed by atoms with E-state index in [0.717, 1.165) is 16.2 Å². The van der Waals surface area contributed by atoms with E-state index < -0.39 is 10.0 Å². The van der Waals surface area contributed by atoms with Crippen molar-refractivity contribution < 1.29 is 18.3 Å². The van der Waals surface area contributed by atoms with Gasteiger partial charge in [0.05, 0.1) is 17.8 Å². The van der Waals surface area contributed by atoms with Crippen LogP contribution in [0.15, 0.2) is 34.5 Å². The molecule has 0 radical (unpaired) electrons. The molecule has 5 nitrogen and oxygen atoms in total. The minimum absolute atomic E-state index is 0.0124. The minimum Gasteiger partial charge on any atom is -0.495 e. The van der Waals surface area contributed by atoms with E-state index in [1.807, 2.05) is 0 Å². The maximum absolute atomic E-state index is 12.2. The molecule has 0 aliphatic carbocycles. The average Bonchev–Trinajstić information content (AvgIpc) is 2.88. The van der Waals surface area contributed by atoms with Gasteiger partial charge in [-0.25, -0.2) is 8.42 Å². The number of nitrogens with one attached hydrogen (secondary N) is 1. The topological polar surface area (TPSA) is 75.6 Å². The first-order valence-electron chi connectivity index (χ1n) is 6.02. The lowest BCUT2D eigenvalue weighted by molar-refractivity contribution is 0.300. The summed E-state index contributed by atoms with van der Waals surface area (Å²) in [5.41, 5.74) is 0.359. The summed E-state index contributed by atoms with van der Waals surface area (Å²) in [6.07, 6.45) is 0.439. The zero-order valence-electron chi connectivity index (χ0n) is 11.2. The van der Waals surface area contributed by atoms with Crippen molar-refractivity contribution in [1.82, 2.24) is 0 Å². The highest BCUT2D eigenvalue weighted by Gasteiger charge is 2.17. The number of thiophene rings is 1. The number of benzene rings is 1. The van der Waals surface area contributed by atoms with E-state index in [1.165, 1.54) is 19.2 Å². The second kappa shape index (κ2) is 6.65. The van der Waals surface area contributed by atoms with Crippen LogP contribution in [0.3, 0.4) is 0 Å². The van der Waals surface area contributed by atoms with E-state index in [4.69, 9.17) is 21.4 Å². The van der Waals surface area contributed by atoms with E-state index in [1.54, 1.807) is 18.2 Å². The van der Waals surface area contributed by atoms with Crippen molar-refractivity contribution in [1.29, 1.82) is 0 Å². The van der Waals surface area contributed by atoms with Gasteiger partial charge in [0.15, 0.2) is 0 Å². The minimum atomic E-state index is -3.66. The smallest absolute Gasteiger partial charge is 0.271 e. The van der Waals surface area contributed by atoms with Gasteiger partial charge in [0.2, 0.25) is 0 Å². The number of methoxy groups -OCH3 is 1. The molecule has 0 unspecified atom stereocenters. The van der Waals surface area contributed by atoms with Crippen molar-refractivity contribution >= 4 is 38.6 Å². The first-order valence-corrected chi connectivity index (χ1v) is 8.70. The van der Waals surface area contributed by atoms with E-state index in [9.17, 15) is 8.42 Å². The molecule has 0 spiro atoms. The molecule has 0 fully saturated rings. The number of aliphatic hydroxyl groups excluding tert-OH is 1. The molecular weight excluding hydrogens is 334 g/mol. The number of rotatable bonds is 6. The standard InChI is InChI=1S/C13H14ClNO4S2/c1-19-12-4-2-9(8-11(12)14)15-21(17,18)13-5-3-10(20-13)6-7-16/h2-5,8,15-16H,6-7H2,1H3. The molecule has 1 aromatic heterocycles. The molecule has 0 bridgehead atoms. The first kappa shape index (κ1) is 16.1. The van der Waals surface area contributed by atoms with Crippen molar-refractivity contribution in [3.05, 3.63) is 40.2 Å². The Hall–Kier alpha value is -1.28. The Labute approximate surface area is 132 Å². The molecule has 1 heterocycles. The monoisotopic (exact) mass is 347 g/mol. The van der Waals surface area contributed by atoms with E-state index in [2.05, 4.69) is 4.72 Å². The summed E-state index contributed by atoms with van der Waals surface area (Å²) in [6.45, 7) is -0.0124. The molecule has 0 amide bonds. The molecule has 114 valence electrons. The fourth-order valence-electron chi connectivity index (χ4n) is 1.68. The van der Waals surface area contributed by atoms with Crippen LogP contribution >= 0.6 is 22.9 Å². The molecular formula is C13H14ClNO4S2. The number of anilines is 1. The maximum atomic E-state index is 12.2. The summed E-state index contributed by atoms with van der Waals surface area (Å²) >= 11 is 7.09. The third-order valence-electron chi connectivity index (χ3n) is 2.66. The molecule has 0 aliphatic heterocycles. The van der Waals surface area contributed by atoms with Crippen molar-refractivity contribution in [2.24, 2.45) is 0 Å². The van der Waals surface area contributed by atoms with Crippen LogP contribution in [0.4, 0.5) is 5.69 Å². The SMILES string of the molecule is COc1ccc(NS(=O)(=O)c2ccc(CCO)s2)cc1Cl. The first-order chi connectivity index (χ1) is 9.96. The molecule has 8 heteroatoms. The summed E-state index contributed by atoms with van der Waals surface area (Å²) in [4.78, 5) is 0.811. The van der Waals surface area contributed by atoms with Crippen LogP contribution < -0.4 is 9.46 Å². The highest BCUT2D eigenvalue weighted by atomic mass is 35.5. The third-order valence-corrected chi connectivity index (χ3v) is 5.98. The highest BCUT2D eigenvalue weighted by molar-refractivity contribution is 7.94. The number of aliphatic hydroxyl groups is 1. The fourth-order valence-corrected chi connectivity index (χ4v) is 4.33. The van der Waals surface area contributed by atoms with E-state index >= 15 is 0 Å². The second-order valence-electron chi connectivity index (χ2n) is 4.15. The summed E-state index contributed by atoms with van der Waals surface area (Å²) in [7, 11) is -2.17. The zero-order valence-corrected chi connectivity index (χ0v) is 13.6. The summed E-state index contributed by atoms with van der Waals surface area (Å²) < 4.78 is 32.2. The predicted octanol–water partition coefficient (Wildman–Crippen LogP) is 2.75. The van der Waals surface area contributed by atoms with Gasteiger partial charge in [-0.05, 0) is 30.3 Å². The summed E-state index contributed by atoms with van der Waals surface area (Å²) in [5.74, 6) is 0.473. The molecule has 0 saturated heterocycles. The number of sulfonamides is 1. The van der Waals surface area contributed by atoms with Gasteiger partial charge in [0.1, 0.15) is 9.96 Å². The van der Waals surface area contributed by atoms with Crippen molar-refractivity contribution in [3.8, 4) is 5.75 Å². The van der Waals surface area contributed by atoms with Crippen LogP contribution in [0, 0.1) is 0 Å². The van der Waals surface area contributed by atoms with Gasteiger partial charge >= 0.3 is 0 Å². The normalized spacial score (nSPS) is 11.4. The van der Waals surface area contributed by atoms with Crippen LogP contribution in [0.2, 0.25) is 5.02 Å². The summed E-state index contributed by atoms with van der Waals surface area (Å²) in [6, 6.07) is 7.86. The third kappa shape index (κ3) is 3.88. The predicted molar refractivity (Wildman–Crippen MR) is 83.9 cm³/mol. The Morgan fingerprint density at radius 3 is 2.71 bits per heavy atom. The number of hydrogen-bond donors (Lipinski definition) is 2. The maximum Gasteiger partial charge on any atom is 0.271 e. The Kier molecular flexibility index (Phi) is 5.10. The van der Waals surface area contributed by atoms with Gasteiger partial charge in [-0.3, -0.25) is 4.72 Å². The Morgan fingerprint density at radius 2 is 2.10 bits per heavy atom. The van der Waals surface area contributed by atoms with Gasteiger partial charge in [-0.15, -0.1) is 11.3 Å². The summed E-state index contributed by atoms with van der Waals surface area (Å²) in [5, 5.41) is 9.19. The van der Waals surface area contributed by atoms with E-state index in [0.29, 0.717) is 22.9 Å². The van der Waals surface area contributed by atoms with Gasteiger partial charge in [0.25, 0.3) is 10.0 Å². The number of hydrogen-bond acceptors (Lipinski definition) is 5. The average molecular weight is 348 g/mol. The molecule has 2 N–H and O–H groups in total. The molecule has 0 aliphatic rings. The lowest BCUT2D eigenvalue weighted by Crippen LogP contribution is -2.11. The van der Waals surface area contributed by atoms with Gasteiger partial charge < -0.3 is 9.84 Å². The van der Waals surface area contributed by atoms with Gasteiger partial charge in [-0.2, -0.15) is 0 Å². The second-order valence-corrected chi connectivity index (χ2v) is 7.63. The Balaban J connectivity index is 2.22. The van der Waals surface area contributed by atoms with Crippen LogP contribution in [0.25, 0.3) is 0 Å². The lowest BCUT2D eigenvalue weighted by Gasteiger charge is -2.08. The molecule has 0 saturated carbocycles. The highest BCUT2D eigenvalue weighted by Crippen LogP contribution is 2.29. The van der Waals surface area contributed by atoms with Crippen LogP contribution in [0.1, 0.15) is 4.88 Å². The number of halogens is 1. The Bertz CT molecular complexity index is 728. The van der Waals surface area contributed by atoms with Crippen LogP contribution in [0.5, 0.6) is 5.75 Å². The lowest BCUT2D eigenvalue weighted by atomic mass is 10.3. The molecule has 1 aromatic carbocycles. The quantitative estimate of drug-likeness (QED) is 0.842. The van der Waals surface area contributed by atoms with Crippen molar-refractivity contribution in [2.75, 3.05) is 18.4 Å². The number of ether oxygens (including phenoxy) is 1. The van der Waals surface area contributed by atoms with Crippen molar-refractivity contribution in [3.63, 3.8) is 0 Å². The largest absolute Gasteiger partial charge is 0.495 e. The van der Waals surface area contributed by atoms with Gasteiger partial charge in [0, 0.05) is 17.9 Å². The van der Waals surface area contributed by atoms with Crippen LogP contribution in [-0.4, -0.2) is 27.2 Å². The molecule has 2 rings (SSSR count). The fraction of sp³-hybridized carbons (Fsp3) is 0.231. The van der Waals surface area contributed by atoms with Crippen molar-refractivity contribution in [2.45, 2.75) is 10.6 Å². The van der Waals surface area contributed by atoms with Gasteiger partial charge in [-0.1, -0.05) is 11.6 Å². The molecule has 0 atom stereocenters. The zero-order chi connectivity index (χ0) is 15.5. The van der Waals surface area contributed by atoms with E-state index in [-0.39, 0.29) is 10.8 Å².